The normalized spacial score (nSPS) is 10.4. The van der Waals surface area contributed by atoms with Crippen LogP contribution in [0.1, 0.15) is 31.1 Å². The molecule has 0 saturated carbocycles. The molecular weight excluding hydrogens is 512 g/mol. The Morgan fingerprint density at radius 1 is 0.700 bits per heavy atom. The minimum Gasteiger partial charge on any atom is -0.493 e. The number of aromatic nitrogens is 1. The van der Waals surface area contributed by atoms with Gasteiger partial charge in [-0.15, -0.1) is 0 Å². The lowest BCUT2D eigenvalue weighted by Crippen LogP contribution is -2.22. The molecule has 1 heterocycles. The Morgan fingerprint density at radius 3 is 1.98 bits per heavy atom. The molecule has 0 fully saturated rings. The second kappa shape index (κ2) is 12.0. The maximum absolute atomic E-state index is 13.2. The van der Waals surface area contributed by atoms with E-state index in [1.165, 1.54) is 41.9 Å². The summed E-state index contributed by atoms with van der Waals surface area (Å²) in [6.45, 7) is 0. The Bertz CT molecular complexity index is 1630. The lowest BCUT2D eigenvalue weighted by molar-refractivity contribution is 0.0827. The summed E-state index contributed by atoms with van der Waals surface area (Å²) in [5.74, 6) is -0.356. The summed E-state index contributed by atoms with van der Waals surface area (Å²) in [7, 11) is 6.20. The van der Waals surface area contributed by atoms with E-state index in [1.54, 1.807) is 81.0 Å². The van der Waals surface area contributed by atoms with Crippen LogP contribution in [0.3, 0.4) is 0 Å². The fourth-order valence-electron chi connectivity index (χ4n) is 3.93. The number of hydrogen-bond donors (Lipinski definition) is 2. The van der Waals surface area contributed by atoms with Gasteiger partial charge < -0.3 is 25.0 Å². The molecule has 204 valence electrons. The van der Waals surface area contributed by atoms with Crippen molar-refractivity contribution in [2.45, 2.75) is 0 Å². The van der Waals surface area contributed by atoms with Crippen LogP contribution in [0.15, 0.2) is 89.9 Å². The zero-order valence-electron chi connectivity index (χ0n) is 22.4. The van der Waals surface area contributed by atoms with Crippen molar-refractivity contribution in [1.82, 2.24) is 9.47 Å². The average molecular weight is 541 g/mol. The standard InChI is InChI=1S/C30H28N4O6/c1-33(2)30(38)21-10-14-23(24(17-21)32-29(37)20-11-15-25(39-3)26(18-20)40-4)31-28(36)19-8-12-22(13-9-19)34-16-6-5-7-27(34)35/h5-18H,1-4H3,(H,31,36)(H,32,37). The van der Waals surface area contributed by atoms with Gasteiger partial charge in [0.15, 0.2) is 11.5 Å². The maximum atomic E-state index is 13.2. The van der Waals surface area contributed by atoms with Crippen LogP contribution in [0.5, 0.6) is 11.5 Å². The average Bonchev–Trinajstić information content (AvgIpc) is 2.97. The van der Waals surface area contributed by atoms with Crippen LogP contribution in [0, 0.1) is 0 Å². The lowest BCUT2D eigenvalue weighted by Gasteiger charge is -2.16. The number of benzene rings is 3. The van der Waals surface area contributed by atoms with E-state index >= 15 is 0 Å². The SMILES string of the molecule is COc1ccc(C(=O)Nc2cc(C(=O)N(C)C)ccc2NC(=O)c2ccc(-n3ccccc3=O)cc2)cc1OC. The van der Waals surface area contributed by atoms with Crippen LogP contribution in [0.4, 0.5) is 11.4 Å². The van der Waals surface area contributed by atoms with Gasteiger partial charge in [0.2, 0.25) is 0 Å². The minimum atomic E-state index is -0.483. The highest BCUT2D eigenvalue weighted by atomic mass is 16.5. The molecule has 0 aliphatic carbocycles. The molecule has 0 saturated heterocycles. The Morgan fingerprint density at radius 2 is 1.32 bits per heavy atom. The summed E-state index contributed by atoms with van der Waals surface area (Å²) >= 11 is 0. The molecule has 0 aliphatic heterocycles. The van der Waals surface area contributed by atoms with Gasteiger partial charge in [-0.3, -0.25) is 23.7 Å². The summed E-state index contributed by atoms with van der Waals surface area (Å²) in [5.41, 5.74) is 1.87. The highest BCUT2D eigenvalue weighted by Crippen LogP contribution is 2.29. The smallest absolute Gasteiger partial charge is 0.255 e. The number of ether oxygens (including phenoxy) is 2. The van der Waals surface area contributed by atoms with Crippen molar-refractivity contribution in [3.05, 3.63) is 112 Å². The second-order valence-electron chi connectivity index (χ2n) is 8.89. The molecule has 4 rings (SSSR count). The zero-order valence-corrected chi connectivity index (χ0v) is 22.4. The molecule has 3 amide bonds. The largest absolute Gasteiger partial charge is 0.493 e. The van der Waals surface area contributed by atoms with Crippen molar-refractivity contribution in [2.24, 2.45) is 0 Å². The van der Waals surface area contributed by atoms with Gasteiger partial charge in [0, 0.05) is 48.7 Å². The monoisotopic (exact) mass is 540 g/mol. The van der Waals surface area contributed by atoms with Gasteiger partial charge in [-0.25, -0.2) is 0 Å². The van der Waals surface area contributed by atoms with E-state index in [1.807, 2.05) is 0 Å². The van der Waals surface area contributed by atoms with Gasteiger partial charge >= 0.3 is 0 Å². The van der Waals surface area contributed by atoms with E-state index in [2.05, 4.69) is 10.6 Å². The Balaban J connectivity index is 1.62. The van der Waals surface area contributed by atoms with E-state index < -0.39 is 11.8 Å². The van der Waals surface area contributed by atoms with Gasteiger partial charge in [-0.2, -0.15) is 0 Å². The number of hydrogen-bond acceptors (Lipinski definition) is 6. The molecule has 10 nitrogen and oxygen atoms in total. The van der Waals surface area contributed by atoms with E-state index in [9.17, 15) is 19.2 Å². The van der Waals surface area contributed by atoms with E-state index in [-0.39, 0.29) is 28.4 Å². The van der Waals surface area contributed by atoms with Crippen molar-refractivity contribution >= 4 is 29.1 Å². The number of nitrogens with zero attached hydrogens (tertiary/aromatic N) is 2. The number of pyridine rings is 1. The van der Waals surface area contributed by atoms with Gasteiger partial charge in [0.25, 0.3) is 23.3 Å². The molecule has 1 aromatic heterocycles. The fraction of sp³-hybridized carbons (Fsp3) is 0.133. The molecule has 0 unspecified atom stereocenters. The molecule has 4 aromatic rings. The van der Waals surface area contributed by atoms with Crippen LogP contribution >= 0.6 is 0 Å². The second-order valence-corrected chi connectivity index (χ2v) is 8.89. The Kier molecular flexibility index (Phi) is 8.29. The summed E-state index contributed by atoms with van der Waals surface area (Å²) < 4.78 is 12.0. The van der Waals surface area contributed by atoms with Crippen LogP contribution < -0.4 is 25.7 Å². The predicted octanol–water partition coefficient (Wildman–Crippen LogP) is 4.06. The molecule has 40 heavy (non-hydrogen) atoms. The molecule has 0 bridgehead atoms. The van der Waals surface area contributed by atoms with Crippen LogP contribution in [0.25, 0.3) is 5.69 Å². The first kappa shape index (κ1) is 27.6. The van der Waals surface area contributed by atoms with Crippen LogP contribution in [-0.2, 0) is 0 Å². The number of rotatable bonds is 8. The zero-order chi connectivity index (χ0) is 28.8. The number of anilines is 2. The third kappa shape index (κ3) is 6.02. The molecule has 0 aliphatic rings. The van der Waals surface area contributed by atoms with Gasteiger partial charge in [-0.05, 0) is 66.7 Å². The first-order valence-electron chi connectivity index (χ1n) is 12.2. The van der Waals surface area contributed by atoms with Crippen molar-refractivity contribution < 1.29 is 23.9 Å². The minimum absolute atomic E-state index is 0.193. The molecule has 10 heteroatoms. The number of nitrogens with one attached hydrogen (secondary N) is 2. The first-order valence-corrected chi connectivity index (χ1v) is 12.2. The Hall–Kier alpha value is -5.38. The molecule has 0 atom stereocenters. The number of carbonyl (C=O) groups excluding carboxylic acids is 3. The third-order valence-corrected chi connectivity index (χ3v) is 6.04. The van der Waals surface area contributed by atoms with Crippen molar-refractivity contribution in [3.8, 4) is 17.2 Å². The topological polar surface area (TPSA) is 119 Å². The summed E-state index contributed by atoms with van der Waals surface area (Å²) in [6, 6.07) is 20.7. The highest BCUT2D eigenvalue weighted by Gasteiger charge is 2.18. The van der Waals surface area contributed by atoms with E-state index in [0.717, 1.165) is 0 Å². The summed E-state index contributed by atoms with van der Waals surface area (Å²) in [5, 5.41) is 5.58. The maximum Gasteiger partial charge on any atom is 0.255 e. The number of methoxy groups -OCH3 is 2. The van der Waals surface area contributed by atoms with Crippen molar-refractivity contribution in [3.63, 3.8) is 0 Å². The fourth-order valence-corrected chi connectivity index (χ4v) is 3.93. The molecular formula is C30H28N4O6. The molecule has 2 N–H and O–H groups in total. The molecule has 0 spiro atoms. The number of amides is 3. The Labute approximate surface area is 230 Å². The van der Waals surface area contributed by atoms with Crippen molar-refractivity contribution in [2.75, 3.05) is 38.9 Å². The van der Waals surface area contributed by atoms with Crippen LogP contribution in [-0.4, -0.2) is 55.5 Å². The van der Waals surface area contributed by atoms with E-state index in [0.29, 0.717) is 28.3 Å². The summed E-state index contributed by atoms with van der Waals surface area (Å²) in [6.07, 6.45) is 1.64. The quantitative estimate of drug-likeness (QED) is 0.348. The molecule has 0 radical (unpaired) electrons. The molecule has 3 aromatic carbocycles. The van der Waals surface area contributed by atoms with Gasteiger partial charge in [-0.1, -0.05) is 6.07 Å². The van der Waals surface area contributed by atoms with Gasteiger partial charge in [0.05, 0.1) is 25.6 Å². The number of carbonyl (C=O) groups is 3. The van der Waals surface area contributed by atoms with Crippen LogP contribution in [0.2, 0.25) is 0 Å². The first-order chi connectivity index (χ1) is 19.2. The van der Waals surface area contributed by atoms with Gasteiger partial charge in [0.1, 0.15) is 0 Å². The third-order valence-electron chi connectivity index (χ3n) is 6.04. The van der Waals surface area contributed by atoms with E-state index in [4.69, 9.17) is 9.47 Å². The predicted molar refractivity (Wildman–Crippen MR) is 152 cm³/mol. The van der Waals surface area contributed by atoms with Crippen molar-refractivity contribution in [1.29, 1.82) is 0 Å². The summed E-state index contributed by atoms with van der Waals surface area (Å²) in [4.78, 5) is 52.4. The lowest BCUT2D eigenvalue weighted by atomic mass is 10.1. The highest BCUT2D eigenvalue weighted by molar-refractivity contribution is 6.11.